The Labute approximate surface area is 209 Å². The van der Waals surface area contributed by atoms with E-state index in [-0.39, 0.29) is 12.5 Å². The minimum atomic E-state index is -0.475. The van der Waals surface area contributed by atoms with Crippen LogP contribution in [0.25, 0.3) is 0 Å². The summed E-state index contributed by atoms with van der Waals surface area (Å²) in [7, 11) is 0. The largest absolute Gasteiger partial charge is 0.490 e. The molecule has 0 spiro atoms. The number of aromatic nitrogens is 2. The fraction of sp³-hybridized carbons (Fsp3) is 0.217. The molecule has 4 rings (SSSR count). The Morgan fingerprint density at radius 1 is 1.24 bits per heavy atom. The van der Waals surface area contributed by atoms with E-state index in [1.165, 1.54) is 0 Å². The number of nitrogens with two attached hydrogens (primary N) is 1. The Morgan fingerprint density at radius 3 is 2.73 bits per heavy atom. The number of fused-ring (bicyclic) bond motifs is 1. The molecule has 0 amide bonds. The number of allylic oxidation sites excluding steroid dienone is 1. The predicted molar refractivity (Wildman–Crippen MR) is 129 cm³/mol. The van der Waals surface area contributed by atoms with Gasteiger partial charge in [-0.25, -0.2) is 0 Å². The summed E-state index contributed by atoms with van der Waals surface area (Å²) in [5, 5.41) is 17.8. The number of hydrogen-bond donors (Lipinski definition) is 2. The molecule has 7 nitrogen and oxygen atoms in total. The molecule has 33 heavy (non-hydrogen) atoms. The molecular weight excluding hydrogens is 531 g/mol. The molecule has 0 radical (unpaired) electrons. The number of nitriles is 1. The lowest BCUT2D eigenvalue weighted by molar-refractivity contribution is 0.267. The van der Waals surface area contributed by atoms with Crippen molar-refractivity contribution in [3.63, 3.8) is 0 Å². The van der Waals surface area contributed by atoms with Crippen molar-refractivity contribution in [1.82, 2.24) is 10.2 Å². The fourth-order valence-corrected chi connectivity index (χ4v) is 4.57. The van der Waals surface area contributed by atoms with Crippen LogP contribution in [0.4, 0.5) is 0 Å². The molecule has 1 atom stereocenters. The van der Waals surface area contributed by atoms with E-state index in [2.05, 4.69) is 32.2 Å². The maximum absolute atomic E-state index is 9.81. The molecule has 0 bridgehead atoms. The van der Waals surface area contributed by atoms with Crippen LogP contribution in [-0.2, 0) is 6.61 Å². The first-order chi connectivity index (χ1) is 15.8. The molecule has 1 aromatic heterocycles. The molecule has 0 aliphatic carbocycles. The zero-order valence-electron chi connectivity index (χ0n) is 17.7. The van der Waals surface area contributed by atoms with Gasteiger partial charge >= 0.3 is 0 Å². The lowest BCUT2D eigenvalue weighted by Gasteiger charge is -2.25. The maximum Gasteiger partial charge on any atom is 0.244 e. The van der Waals surface area contributed by atoms with Crippen LogP contribution in [0.3, 0.4) is 0 Å². The van der Waals surface area contributed by atoms with Crippen LogP contribution in [0.1, 0.15) is 35.2 Å². The molecule has 3 N–H and O–H groups in total. The molecule has 3 aromatic rings. The number of halogens is 3. The summed E-state index contributed by atoms with van der Waals surface area (Å²) in [5.41, 5.74) is 9.50. The van der Waals surface area contributed by atoms with Gasteiger partial charge in [-0.05, 0) is 65.2 Å². The van der Waals surface area contributed by atoms with Crippen LogP contribution >= 0.6 is 39.1 Å². The minimum Gasteiger partial charge on any atom is -0.490 e. The standard InChI is InChI=1S/C23H19BrCl2N4O3/c1-3-31-18-8-13(20-14(9-27)22(28)33-23-19(20)11(2)29-30-23)7-15(24)21(18)32-10-12-4-5-16(25)17(26)6-12/h4-8,20H,3,10,28H2,1-2H3,(H,29,30)/t20-/m1/s1. The minimum absolute atomic E-state index is 0.0236. The van der Waals surface area contributed by atoms with Crippen molar-refractivity contribution in [3.8, 4) is 23.4 Å². The second-order valence-electron chi connectivity index (χ2n) is 7.29. The molecule has 0 unspecified atom stereocenters. The van der Waals surface area contributed by atoms with Gasteiger partial charge in [-0.2, -0.15) is 5.26 Å². The van der Waals surface area contributed by atoms with E-state index >= 15 is 0 Å². The van der Waals surface area contributed by atoms with Gasteiger partial charge in [0.1, 0.15) is 18.2 Å². The molecule has 10 heteroatoms. The van der Waals surface area contributed by atoms with Crippen LogP contribution in [0.2, 0.25) is 10.0 Å². The van der Waals surface area contributed by atoms with Crippen molar-refractivity contribution in [2.45, 2.75) is 26.4 Å². The van der Waals surface area contributed by atoms with Crippen molar-refractivity contribution in [3.05, 3.63) is 78.7 Å². The highest BCUT2D eigenvalue weighted by Crippen LogP contribution is 2.46. The molecule has 0 saturated carbocycles. The van der Waals surface area contributed by atoms with Gasteiger partial charge in [0, 0.05) is 11.3 Å². The molecular formula is C23H19BrCl2N4O3. The van der Waals surface area contributed by atoms with E-state index in [9.17, 15) is 5.26 Å². The quantitative estimate of drug-likeness (QED) is 0.391. The summed E-state index contributed by atoms with van der Waals surface area (Å²) in [6, 6.07) is 11.2. The number of nitrogens with one attached hydrogen (secondary N) is 1. The van der Waals surface area contributed by atoms with Gasteiger partial charge < -0.3 is 19.9 Å². The van der Waals surface area contributed by atoms with E-state index in [1.807, 2.05) is 32.0 Å². The number of benzene rings is 2. The maximum atomic E-state index is 9.81. The summed E-state index contributed by atoms with van der Waals surface area (Å²) in [6.07, 6.45) is 0. The average molecular weight is 550 g/mol. The summed E-state index contributed by atoms with van der Waals surface area (Å²) in [4.78, 5) is 0. The van der Waals surface area contributed by atoms with Crippen molar-refractivity contribution >= 4 is 39.1 Å². The zero-order valence-corrected chi connectivity index (χ0v) is 20.8. The lowest BCUT2D eigenvalue weighted by Crippen LogP contribution is -2.21. The zero-order chi connectivity index (χ0) is 23.7. The van der Waals surface area contributed by atoms with Crippen LogP contribution in [-0.4, -0.2) is 16.8 Å². The Kier molecular flexibility index (Phi) is 6.75. The molecule has 1 aliphatic heterocycles. The van der Waals surface area contributed by atoms with Gasteiger partial charge in [-0.15, -0.1) is 5.10 Å². The number of H-pyrrole nitrogens is 1. The van der Waals surface area contributed by atoms with E-state index in [4.69, 9.17) is 43.1 Å². The van der Waals surface area contributed by atoms with E-state index in [0.29, 0.717) is 44.1 Å². The van der Waals surface area contributed by atoms with Gasteiger partial charge in [0.25, 0.3) is 0 Å². The van der Waals surface area contributed by atoms with Gasteiger partial charge in [0.05, 0.1) is 27.0 Å². The van der Waals surface area contributed by atoms with Crippen LogP contribution in [0.15, 0.2) is 46.3 Å². The van der Waals surface area contributed by atoms with Crippen molar-refractivity contribution in [1.29, 1.82) is 5.26 Å². The highest BCUT2D eigenvalue weighted by atomic mass is 79.9. The van der Waals surface area contributed by atoms with Gasteiger partial charge in [-0.1, -0.05) is 29.3 Å². The van der Waals surface area contributed by atoms with Crippen LogP contribution in [0, 0.1) is 18.3 Å². The summed E-state index contributed by atoms with van der Waals surface area (Å²) < 4.78 is 18.2. The molecule has 2 heterocycles. The van der Waals surface area contributed by atoms with Crippen molar-refractivity contribution < 1.29 is 14.2 Å². The topological polar surface area (TPSA) is 106 Å². The first-order valence-corrected chi connectivity index (χ1v) is 11.5. The number of rotatable bonds is 6. The highest BCUT2D eigenvalue weighted by molar-refractivity contribution is 9.10. The normalized spacial score (nSPS) is 15.0. The SMILES string of the molecule is CCOc1cc([C@@H]2C(C#N)=C(N)Oc3n[nH]c(C)c32)cc(Br)c1OCc1ccc(Cl)c(Cl)c1. The second-order valence-corrected chi connectivity index (χ2v) is 8.96. The number of aromatic amines is 1. The monoisotopic (exact) mass is 548 g/mol. The second kappa shape index (κ2) is 9.56. The van der Waals surface area contributed by atoms with Crippen molar-refractivity contribution in [2.75, 3.05) is 6.61 Å². The van der Waals surface area contributed by atoms with Crippen molar-refractivity contribution in [2.24, 2.45) is 5.73 Å². The smallest absolute Gasteiger partial charge is 0.244 e. The third-order valence-electron chi connectivity index (χ3n) is 5.16. The van der Waals surface area contributed by atoms with Gasteiger partial charge in [0.15, 0.2) is 11.5 Å². The van der Waals surface area contributed by atoms with Crippen LogP contribution in [0.5, 0.6) is 17.4 Å². The third kappa shape index (κ3) is 4.49. The third-order valence-corrected chi connectivity index (χ3v) is 6.49. The van der Waals surface area contributed by atoms with Crippen LogP contribution < -0.4 is 19.9 Å². The fourth-order valence-electron chi connectivity index (χ4n) is 3.67. The Hall–Kier alpha value is -2.86. The van der Waals surface area contributed by atoms with E-state index < -0.39 is 5.92 Å². The number of aryl methyl sites for hydroxylation is 1. The molecule has 1 aliphatic rings. The Morgan fingerprint density at radius 2 is 2.03 bits per heavy atom. The number of hydrogen-bond acceptors (Lipinski definition) is 6. The molecule has 2 aromatic carbocycles. The van der Waals surface area contributed by atoms with E-state index in [1.54, 1.807) is 12.1 Å². The van der Waals surface area contributed by atoms with Gasteiger partial charge in [-0.3, -0.25) is 5.10 Å². The first kappa shape index (κ1) is 23.3. The summed E-state index contributed by atoms with van der Waals surface area (Å²) in [6.45, 7) is 4.43. The molecule has 0 fully saturated rings. The molecule has 170 valence electrons. The summed E-state index contributed by atoms with van der Waals surface area (Å²) >= 11 is 15.7. The summed E-state index contributed by atoms with van der Waals surface area (Å²) in [5.74, 6) is 0.945. The predicted octanol–water partition coefficient (Wildman–Crippen LogP) is 5.98. The first-order valence-electron chi connectivity index (χ1n) is 9.99. The molecule has 0 saturated heterocycles. The lowest BCUT2D eigenvalue weighted by atomic mass is 9.84. The van der Waals surface area contributed by atoms with Gasteiger partial charge in [0.2, 0.25) is 11.8 Å². The number of ether oxygens (including phenoxy) is 3. The number of nitrogens with zero attached hydrogens (tertiary/aromatic N) is 2. The Balaban J connectivity index is 1.75. The Bertz CT molecular complexity index is 1300. The van der Waals surface area contributed by atoms with E-state index in [0.717, 1.165) is 22.4 Å². The highest BCUT2D eigenvalue weighted by Gasteiger charge is 2.35. The average Bonchev–Trinajstić information content (AvgIpc) is 3.14.